The van der Waals surface area contributed by atoms with Gasteiger partial charge in [-0.15, -0.1) is 0 Å². The van der Waals surface area contributed by atoms with E-state index >= 15 is 0 Å². The van der Waals surface area contributed by atoms with Crippen molar-refractivity contribution in [2.75, 3.05) is 4.90 Å². The molecule has 0 saturated carbocycles. The fraction of sp³-hybridized carbons (Fsp3) is 0.129. The Morgan fingerprint density at radius 2 is 1.48 bits per heavy atom. The molecule has 1 spiro atoms. The Bertz CT molecular complexity index is 3470. The van der Waals surface area contributed by atoms with Crippen LogP contribution in [0.4, 0.5) is 11.4 Å². The fourth-order valence-electron chi connectivity index (χ4n) is 12.9. The monoisotopic (exact) mass is 947 g/mol. The lowest BCUT2D eigenvalue weighted by Gasteiger charge is -2.40. The van der Waals surface area contributed by atoms with E-state index in [0.29, 0.717) is 5.92 Å². The third kappa shape index (κ3) is 5.16. The van der Waals surface area contributed by atoms with Gasteiger partial charge in [0.25, 0.3) is 0 Å². The number of allylic oxidation sites excluding steroid dienone is 16. The quantitative estimate of drug-likeness (QED) is 0.122. The molecular weight excluding hydrogens is 902 g/mol. The van der Waals surface area contributed by atoms with E-state index in [9.17, 15) is 0 Å². The normalized spacial score (nSPS) is 22.4. The van der Waals surface area contributed by atoms with Crippen molar-refractivity contribution in [3.63, 3.8) is 0 Å². The maximum atomic E-state index is 7.36. The zero-order valence-electron chi connectivity index (χ0n) is 36.3. The first-order chi connectivity index (χ1) is 32.2. The van der Waals surface area contributed by atoms with Gasteiger partial charge in [-0.2, -0.15) is 0 Å². The molecule has 3 atom stereocenters. The van der Waals surface area contributed by atoms with E-state index in [1.807, 2.05) is 0 Å². The second-order valence-electron chi connectivity index (χ2n) is 18.0. The summed E-state index contributed by atoms with van der Waals surface area (Å²) in [5, 5.41) is 2.26. The first-order valence-corrected chi connectivity index (χ1v) is 24.4. The lowest BCUT2D eigenvalue weighted by Crippen LogP contribution is -2.33. The highest BCUT2D eigenvalue weighted by Crippen LogP contribution is 2.67. The molecule has 0 radical (unpaired) electrons. The van der Waals surface area contributed by atoms with Crippen molar-refractivity contribution in [1.82, 2.24) is 0 Å². The third-order valence-corrected chi connectivity index (χ3v) is 15.8. The molecule has 312 valence electrons. The number of benzene rings is 6. The van der Waals surface area contributed by atoms with Crippen molar-refractivity contribution in [3.8, 4) is 0 Å². The maximum Gasteiger partial charge on any atom is 0.142 e. The van der Waals surface area contributed by atoms with Gasteiger partial charge in [-0.25, -0.2) is 0 Å². The number of hydrogen-bond donors (Lipinski definition) is 0. The maximum absolute atomic E-state index is 7.36. The molecule has 7 aromatic rings. The second-order valence-corrected chi connectivity index (χ2v) is 18.7. The van der Waals surface area contributed by atoms with E-state index in [1.165, 1.54) is 72.4 Å². The summed E-state index contributed by atoms with van der Waals surface area (Å²) in [4.78, 5) is 2.58. The number of para-hydroxylation sites is 1. The van der Waals surface area contributed by atoms with Gasteiger partial charge in [0.2, 0.25) is 0 Å². The lowest BCUT2D eigenvalue weighted by molar-refractivity contribution is 0.636. The SMILES string of the molecule is C/C=C\C(=C/I)N(c1cccc2c1C1=C(C=CCC=C1)C21C2=CC=CCC2c2ccccc21)c1ccc2c(oc3ccccc32)c1C1(c2ccccc2)C2=C(C=CCC2)c2ccccc21. The molecule has 0 fully saturated rings. The van der Waals surface area contributed by atoms with Gasteiger partial charge in [0, 0.05) is 31.9 Å². The minimum absolute atomic E-state index is 0.325. The Balaban J connectivity index is 1.20. The molecule has 0 N–H and O–H groups in total. The van der Waals surface area contributed by atoms with Crippen LogP contribution in [0.2, 0.25) is 0 Å². The molecule has 13 rings (SSSR count). The number of furan rings is 1. The molecule has 0 bridgehead atoms. The predicted molar refractivity (Wildman–Crippen MR) is 279 cm³/mol. The third-order valence-electron chi connectivity index (χ3n) is 15.1. The first kappa shape index (κ1) is 38.7. The Labute approximate surface area is 394 Å². The summed E-state index contributed by atoms with van der Waals surface area (Å²) in [6, 6.07) is 50.2. The zero-order chi connectivity index (χ0) is 43.3. The Hall–Kier alpha value is -6.69. The van der Waals surface area contributed by atoms with E-state index in [-0.39, 0.29) is 0 Å². The summed E-state index contributed by atoms with van der Waals surface area (Å²) in [6.07, 6.45) is 29.7. The molecule has 3 heteroatoms. The minimum Gasteiger partial charge on any atom is -0.456 e. The highest BCUT2D eigenvalue weighted by Gasteiger charge is 2.56. The van der Waals surface area contributed by atoms with Crippen LogP contribution >= 0.6 is 22.6 Å². The first-order valence-electron chi connectivity index (χ1n) is 23.1. The number of fused-ring (bicyclic) bond motifs is 14. The molecule has 0 amide bonds. The van der Waals surface area contributed by atoms with Crippen molar-refractivity contribution in [3.05, 3.63) is 271 Å². The van der Waals surface area contributed by atoms with E-state index in [4.69, 9.17) is 4.42 Å². The van der Waals surface area contributed by atoms with Gasteiger partial charge >= 0.3 is 0 Å². The molecule has 1 heterocycles. The van der Waals surface area contributed by atoms with Crippen molar-refractivity contribution in [2.45, 2.75) is 49.4 Å². The van der Waals surface area contributed by atoms with E-state index in [0.717, 1.165) is 64.7 Å². The molecule has 0 saturated heterocycles. The molecule has 65 heavy (non-hydrogen) atoms. The largest absolute Gasteiger partial charge is 0.456 e. The predicted octanol–water partition coefficient (Wildman–Crippen LogP) is 16.6. The van der Waals surface area contributed by atoms with Crippen molar-refractivity contribution in [1.29, 1.82) is 0 Å². The number of nitrogens with zero attached hydrogens (tertiary/aromatic N) is 1. The van der Waals surface area contributed by atoms with Gasteiger partial charge in [-0.3, -0.25) is 0 Å². The zero-order valence-corrected chi connectivity index (χ0v) is 38.4. The molecule has 6 aliphatic rings. The van der Waals surface area contributed by atoms with E-state index < -0.39 is 10.8 Å². The van der Waals surface area contributed by atoms with Crippen LogP contribution in [0.1, 0.15) is 83.0 Å². The minimum atomic E-state index is -0.670. The van der Waals surface area contributed by atoms with Gasteiger partial charge < -0.3 is 9.32 Å². The van der Waals surface area contributed by atoms with Crippen LogP contribution < -0.4 is 4.90 Å². The number of hydrogen-bond acceptors (Lipinski definition) is 2. The Morgan fingerprint density at radius 3 is 2.37 bits per heavy atom. The molecule has 6 aliphatic carbocycles. The highest BCUT2D eigenvalue weighted by molar-refractivity contribution is 14.1. The van der Waals surface area contributed by atoms with Crippen LogP contribution in [0, 0.1) is 0 Å². The molecule has 0 aliphatic heterocycles. The van der Waals surface area contributed by atoms with Gasteiger partial charge in [0.1, 0.15) is 11.2 Å². The smallest absolute Gasteiger partial charge is 0.142 e. The summed E-state index contributed by atoms with van der Waals surface area (Å²) in [7, 11) is 0. The average Bonchev–Trinajstić information content (AvgIpc) is 4.00. The average molecular weight is 948 g/mol. The summed E-state index contributed by atoms with van der Waals surface area (Å²) in [6.45, 7) is 2.13. The summed E-state index contributed by atoms with van der Waals surface area (Å²) in [5.41, 5.74) is 21.5. The van der Waals surface area contributed by atoms with Gasteiger partial charge in [0.15, 0.2) is 0 Å². The van der Waals surface area contributed by atoms with Crippen LogP contribution in [-0.2, 0) is 10.8 Å². The van der Waals surface area contributed by atoms with Crippen molar-refractivity contribution >= 4 is 67.1 Å². The molecule has 1 aromatic heterocycles. The number of halogens is 1. The molecule has 2 nitrogen and oxygen atoms in total. The second kappa shape index (κ2) is 14.9. The van der Waals surface area contributed by atoms with E-state index in [2.05, 4.69) is 239 Å². The van der Waals surface area contributed by atoms with Crippen LogP contribution in [0.15, 0.2) is 231 Å². The van der Waals surface area contributed by atoms with Crippen LogP contribution in [0.5, 0.6) is 0 Å². The van der Waals surface area contributed by atoms with Crippen LogP contribution in [-0.4, -0.2) is 0 Å². The Morgan fingerprint density at radius 1 is 0.692 bits per heavy atom. The lowest BCUT2D eigenvalue weighted by atomic mass is 9.64. The van der Waals surface area contributed by atoms with Crippen molar-refractivity contribution < 1.29 is 4.42 Å². The van der Waals surface area contributed by atoms with Crippen LogP contribution in [0.3, 0.4) is 0 Å². The standard InChI is InChI=1S/C62H46INO/c1-2-20-41(39-63)64(55-35-19-34-54-58(55)48-28-7-4-8-29-53(48)62(54)51-32-16-11-25-44(51)45-26-12-17-33-52(45)62)56-38-37-47-46-27-13-18-36-57(46)65-60(47)59(56)61(40-21-5-3-6-22-40)49-30-14-9-23-42(49)43-24-10-15-31-50(43)61/h2-3,5-14,16-25,27-30,32-39,45H,4,15,26,31H2,1H3/b20-2-,41-39+. The van der Waals surface area contributed by atoms with Crippen molar-refractivity contribution in [2.24, 2.45) is 0 Å². The van der Waals surface area contributed by atoms with E-state index in [1.54, 1.807) is 0 Å². The topological polar surface area (TPSA) is 16.4 Å². The van der Waals surface area contributed by atoms with Gasteiger partial charge in [-0.1, -0.05) is 193 Å². The summed E-state index contributed by atoms with van der Waals surface area (Å²) < 4.78 is 9.61. The number of anilines is 2. The fourth-order valence-corrected chi connectivity index (χ4v) is 13.4. The molecule has 3 unspecified atom stereocenters. The number of rotatable bonds is 6. The molecule has 6 aromatic carbocycles. The highest BCUT2D eigenvalue weighted by atomic mass is 127. The summed E-state index contributed by atoms with van der Waals surface area (Å²) in [5.74, 6) is 0.325. The molecular formula is C62H46INO. The van der Waals surface area contributed by atoms with Gasteiger partial charge in [0.05, 0.1) is 27.9 Å². The summed E-state index contributed by atoms with van der Waals surface area (Å²) >= 11 is 2.47. The Kier molecular flexibility index (Phi) is 8.90. The van der Waals surface area contributed by atoms with Crippen LogP contribution in [0.25, 0.3) is 33.1 Å². The van der Waals surface area contributed by atoms with Gasteiger partial charge in [-0.05, 0) is 124 Å².